The molecule has 1 aromatic carbocycles. The normalized spacial score (nSPS) is 24.0. The molecule has 116 valence electrons. The molecule has 1 aromatic rings. The smallest absolute Gasteiger partial charge is 0.322 e. The number of carboxylic acid groups (broad SMARTS) is 1. The summed E-state index contributed by atoms with van der Waals surface area (Å²) in [6, 6.07) is 2.91. The molecule has 21 heavy (non-hydrogen) atoms. The minimum Gasteiger partial charge on any atom is -0.480 e. The number of hydrogen-bond donors (Lipinski definition) is 1. The first kappa shape index (κ1) is 16.5. The maximum absolute atomic E-state index is 12.7. The maximum Gasteiger partial charge on any atom is 0.322 e. The molecule has 1 saturated heterocycles. The van der Waals surface area contributed by atoms with E-state index in [0.717, 1.165) is 4.31 Å². The lowest BCUT2D eigenvalue weighted by atomic mass is 9.93. The van der Waals surface area contributed by atoms with Crippen molar-refractivity contribution in [3.63, 3.8) is 0 Å². The molecular weight excluding hydrogens is 337 g/mol. The Morgan fingerprint density at radius 1 is 1.33 bits per heavy atom. The van der Waals surface area contributed by atoms with E-state index in [1.54, 1.807) is 6.92 Å². The van der Waals surface area contributed by atoms with Gasteiger partial charge in [-0.3, -0.25) is 4.79 Å². The summed E-state index contributed by atoms with van der Waals surface area (Å²) >= 11 is 11.6. The predicted octanol–water partition coefficient (Wildman–Crippen LogP) is 2.87. The van der Waals surface area contributed by atoms with Crippen molar-refractivity contribution < 1.29 is 18.3 Å². The van der Waals surface area contributed by atoms with E-state index in [1.807, 2.05) is 0 Å². The quantitative estimate of drug-likeness (QED) is 0.908. The molecule has 1 N–H and O–H groups in total. The molecule has 1 heterocycles. The number of benzene rings is 1. The summed E-state index contributed by atoms with van der Waals surface area (Å²) in [5.74, 6) is -1.38. The zero-order valence-corrected chi connectivity index (χ0v) is 13.6. The van der Waals surface area contributed by atoms with Crippen molar-refractivity contribution in [2.45, 2.75) is 30.7 Å². The Bertz CT molecular complexity index is 662. The molecule has 1 aliphatic rings. The molecule has 0 radical (unpaired) electrons. The number of aliphatic carboxylic acids is 1. The summed E-state index contributed by atoms with van der Waals surface area (Å²) in [5, 5.41) is 9.70. The fourth-order valence-corrected chi connectivity index (χ4v) is 4.67. The van der Waals surface area contributed by atoms with Gasteiger partial charge in [0.1, 0.15) is 6.04 Å². The van der Waals surface area contributed by atoms with E-state index in [1.165, 1.54) is 18.2 Å². The van der Waals surface area contributed by atoms with E-state index in [4.69, 9.17) is 23.2 Å². The van der Waals surface area contributed by atoms with E-state index in [-0.39, 0.29) is 27.4 Å². The van der Waals surface area contributed by atoms with Crippen molar-refractivity contribution in [2.75, 3.05) is 6.54 Å². The first-order chi connectivity index (χ1) is 9.75. The number of nitrogens with zero attached hydrogens (tertiary/aromatic N) is 1. The molecular formula is C13H15Cl2NO4S. The molecule has 2 rings (SSSR count). The largest absolute Gasteiger partial charge is 0.480 e. The van der Waals surface area contributed by atoms with Gasteiger partial charge in [-0.1, -0.05) is 30.1 Å². The van der Waals surface area contributed by atoms with Gasteiger partial charge in [-0.2, -0.15) is 4.31 Å². The summed E-state index contributed by atoms with van der Waals surface area (Å²) in [4.78, 5) is 11.4. The number of carboxylic acids is 1. The molecule has 8 heteroatoms. The fraction of sp³-hybridized carbons (Fsp3) is 0.462. The van der Waals surface area contributed by atoms with Crippen molar-refractivity contribution in [3.05, 3.63) is 28.2 Å². The Balaban J connectivity index is 2.45. The zero-order valence-electron chi connectivity index (χ0n) is 11.3. The van der Waals surface area contributed by atoms with E-state index < -0.39 is 22.0 Å². The third kappa shape index (κ3) is 3.18. The highest BCUT2D eigenvalue weighted by Crippen LogP contribution is 2.31. The van der Waals surface area contributed by atoms with Crippen molar-refractivity contribution in [1.29, 1.82) is 0 Å². The molecule has 0 bridgehead atoms. The highest BCUT2D eigenvalue weighted by Gasteiger charge is 2.41. The molecule has 0 spiro atoms. The average Bonchev–Trinajstić information content (AvgIpc) is 2.41. The number of carbonyl (C=O) groups is 1. The van der Waals surface area contributed by atoms with Crippen LogP contribution in [0.5, 0.6) is 0 Å². The van der Waals surface area contributed by atoms with Crippen LogP contribution in [0.3, 0.4) is 0 Å². The number of hydrogen-bond acceptors (Lipinski definition) is 3. The molecule has 2 unspecified atom stereocenters. The van der Waals surface area contributed by atoms with Gasteiger partial charge in [0.05, 0.1) is 14.9 Å². The zero-order chi connectivity index (χ0) is 15.8. The topological polar surface area (TPSA) is 74.7 Å². The van der Waals surface area contributed by atoms with Crippen molar-refractivity contribution in [1.82, 2.24) is 4.31 Å². The first-order valence-corrected chi connectivity index (χ1v) is 8.64. The van der Waals surface area contributed by atoms with Crippen LogP contribution in [0.2, 0.25) is 10.0 Å². The summed E-state index contributed by atoms with van der Waals surface area (Å²) < 4.78 is 26.4. The van der Waals surface area contributed by atoms with Gasteiger partial charge >= 0.3 is 5.97 Å². The Morgan fingerprint density at radius 3 is 2.57 bits per heavy atom. The number of rotatable bonds is 3. The van der Waals surface area contributed by atoms with Gasteiger partial charge in [-0.15, -0.1) is 0 Å². The van der Waals surface area contributed by atoms with Gasteiger partial charge < -0.3 is 5.11 Å². The third-order valence-electron chi connectivity index (χ3n) is 3.64. The lowest BCUT2D eigenvalue weighted by molar-refractivity contribution is -0.144. The van der Waals surface area contributed by atoms with Crippen molar-refractivity contribution in [2.24, 2.45) is 5.92 Å². The molecule has 5 nitrogen and oxygen atoms in total. The van der Waals surface area contributed by atoms with Crippen LogP contribution < -0.4 is 0 Å². The number of halogens is 2. The third-order valence-corrected chi connectivity index (χ3v) is 6.25. The van der Waals surface area contributed by atoms with E-state index in [9.17, 15) is 18.3 Å². The Labute approximate surface area is 133 Å². The second-order valence-electron chi connectivity index (χ2n) is 5.09. The highest BCUT2D eigenvalue weighted by molar-refractivity contribution is 7.89. The van der Waals surface area contributed by atoms with Crippen molar-refractivity contribution >= 4 is 39.2 Å². The molecule has 0 aliphatic carbocycles. The summed E-state index contributed by atoms with van der Waals surface area (Å²) in [6.07, 6.45) is 1.32. The lowest BCUT2D eigenvalue weighted by Gasteiger charge is -2.36. The molecule has 1 aliphatic heterocycles. The van der Waals surface area contributed by atoms with Crippen LogP contribution in [0.15, 0.2) is 23.1 Å². The van der Waals surface area contributed by atoms with Crippen LogP contribution in [-0.4, -0.2) is 36.4 Å². The van der Waals surface area contributed by atoms with Gasteiger partial charge in [-0.05, 0) is 37.0 Å². The van der Waals surface area contributed by atoms with Gasteiger partial charge in [0.2, 0.25) is 10.0 Å². The van der Waals surface area contributed by atoms with Gasteiger partial charge in [0, 0.05) is 6.54 Å². The van der Waals surface area contributed by atoms with Crippen LogP contribution in [0.25, 0.3) is 0 Å². The molecule has 1 fully saturated rings. The van der Waals surface area contributed by atoms with Gasteiger partial charge in [-0.25, -0.2) is 8.42 Å². The van der Waals surface area contributed by atoms with Crippen molar-refractivity contribution in [3.8, 4) is 0 Å². The SMILES string of the molecule is CC1CCCN(S(=O)(=O)c2ccc(Cl)c(Cl)c2)C1C(=O)O. The molecule has 2 atom stereocenters. The lowest BCUT2D eigenvalue weighted by Crippen LogP contribution is -2.51. The average molecular weight is 352 g/mol. The Hall–Kier alpha value is -0.820. The van der Waals surface area contributed by atoms with E-state index in [2.05, 4.69) is 0 Å². The molecule has 0 aromatic heterocycles. The van der Waals surface area contributed by atoms with Gasteiger partial charge in [0.25, 0.3) is 0 Å². The standard InChI is InChI=1S/C13H15Cl2NO4S/c1-8-3-2-6-16(12(8)13(17)18)21(19,20)9-4-5-10(14)11(15)7-9/h4-5,7-8,12H,2-3,6H2,1H3,(H,17,18). The first-order valence-electron chi connectivity index (χ1n) is 6.45. The van der Waals surface area contributed by atoms with E-state index >= 15 is 0 Å². The highest BCUT2D eigenvalue weighted by atomic mass is 35.5. The monoisotopic (exact) mass is 351 g/mol. The van der Waals surface area contributed by atoms with Gasteiger partial charge in [0.15, 0.2) is 0 Å². The van der Waals surface area contributed by atoms with Crippen LogP contribution in [0.4, 0.5) is 0 Å². The minimum absolute atomic E-state index is 0.0442. The fourth-order valence-electron chi connectivity index (χ4n) is 2.56. The number of sulfonamides is 1. The minimum atomic E-state index is -3.92. The second-order valence-corrected chi connectivity index (χ2v) is 7.80. The van der Waals surface area contributed by atoms with E-state index in [0.29, 0.717) is 12.8 Å². The number of piperidine rings is 1. The van der Waals surface area contributed by atoms with Crippen LogP contribution in [0.1, 0.15) is 19.8 Å². The summed E-state index contributed by atoms with van der Waals surface area (Å²) in [5.41, 5.74) is 0. The molecule has 0 saturated carbocycles. The maximum atomic E-state index is 12.7. The predicted molar refractivity (Wildman–Crippen MR) is 80.2 cm³/mol. The summed E-state index contributed by atoms with van der Waals surface area (Å²) in [6.45, 7) is 1.93. The Morgan fingerprint density at radius 2 is 2.00 bits per heavy atom. The second kappa shape index (κ2) is 6.12. The van der Waals surface area contributed by atoms with Crippen LogP contribution in [0, 0.1) is 5.92 Å². The van der Waals surface area contributed by atoms with Crippen LogP contribution >= 0.6 is 23.2 Å². The molecule has 0 amide bonds. The Kier molecular flexibility index (Phi) is 4.82. The van der Waals surface area contributed by atoms with Crippen LogP contribution in [-0.2, 0) is 14.8 Å². The summed E-state index contributed by atoms with van der Waals surface area (Å²) in [7, 11) is -3.92.